The zero-order valence-corrected chi connectivity index (χ0v) is 15.9. The second-order valence-corrected chi connectivity index (χ2v) is 8.87. The lowest BCUT2D eigenvalue weighted by Gasteiger charge is -2.23. The molecule has 132 valence electrons. The molecule has 0 radical (unpaired) electrons. The number of sulfonamides is 1. The van der Waals surface area contributed by atoms with Crippen molar-refractivity contribution in [1.29, 1.82) is 0 Å². The number of benzene rings is 1. The van der Waals surface area contributed by atoms with E-state index in [-0.39, 0.29) is 0 Å². The molecule has 1 aromatic carbocycles. The Morgan fingerprint density at radius 1 is 1.00 bits per heavy atom. The molecule has 0 aliphatic heterocycles. The van der Waals surface area contributed by atoms with Crippen molar-refractivity contribution in [1.82, 2.24) is 10.0 Å². The Kier molecular flexibility index (Phi) is 8.23. The molecule has 0 aliphatic carbocycles. The molecule has 5 heteroatoms. The van der Waals surface area contributed by atoms with E-state index in [1.807, 2.05) is 0 Å². The van der Waals surface area contributed by atoms with Crippen molar-refractivity contribution < 1.29 is 8.42 Å². The molecule has 1 aromatic rings. The molecule has 0 fully saturated rings. The third-order valence-corrected chi connectivity index (χ3v) is 4.46. The van der Waals surface area contributed by atoms with Crippen molar-refractivity contribution in [3.05, 3.63) is 35.4 Å². The molecule has 0 saturated heterocycles. The molecule has 0 aliphatic rings. The van der Waals surface area contributed by atoms with Crippen molar-refractivity contribution in [3.63, 3.8) is 0 Å². The Morgan fingerprint density at radius 3 is 2.09 bits per heavy atom. The van der Waals surface area contributed by atoms with Crippen LogP contribution in [0.25, 0.3) is 0 Å². The first-order chi connectivity index (χ1) is 10.7. The SMILES string of the molecule is CC(C)Cc1ccc(C(NCCCNS(C)(=O)=O)C(C)C)cc1. The fraction of sp³-hybridized carbons (Fsp3) is 0.667. The van der Waals surface area contributed by atoms with Crippen LogP contribution in [0.3, 0.4) is 0 Å². The molecule has 0 saturated carbocycles. The van der Waals surface area contributed by atoms with E-state index < -0.39 is 10.0 Å². The molecule has 1 rings (SSSR count). The average molecular weight is 341 g/mol. The summed E-state index contributed by atoms with van der Waals surface area (Å²) in [6, 6.07) is 9.16. The summed E-state index contributed by atoms with van der Waals surface area (Å²) in [6.07, 6.45) is 3.08. The normalized spacial score (nSPS) is 13.7. The quantitative estimate of drug-likeness (QED) is 0.644. The van der Waals surface area contributed by atoms with Gasteiger partial charge in [0, 0.05) is 12.6 Å². The fourth-order valence-electron chi connectivity index (χ4n) is 2.67. The van der Waals surface area contributed by atoms with Crippen molar-refractivity contribution in [2.24, 2.45) is 11.8 Å². The first-order valence-corrected chi connectivity index (χ1v) is 10.3. The summed E-state index contributed by atoms with van der Waals surface area (Å²) < 4.78 is 24.6. The lowest BCUT2D eigenvalue weighted by Crippen LogP contribution is -2.30. The summed E-state index contributed by atoms with van der Waals surface area (Å²) >= 11 is 0. The molecule has 23 heavy (non-hydrogen) atoms. The van der Waals surface area contributed by atoms with Gasteiger partial charge in [-0.25, -0.2) is 13.1 Å². The van der Waals surface area contributed by atoms with Gasteiger partial charge in [0.25, 0.3) is 0 Å². The van der Waals surface area contributed by atoms with Gasteiger partial charge in [-0.1, -0.05) is 52.0 Å². The molecule has 0 bridgehead atoms. The third-order valence-electron chi connectivity index (χ3n) is 3.73. The molecule has 0 aromatic heterocycles. The van der Waals surface area contributed by atoms with Gasteiger partial charge in [0.1, 0.15) is 0 Å². The Labute approximate surface area is 142 Å². The van der Waals surface area contributed by atoms with Gasteiger partial charge in [0.05, 0.1) is 6.26 Å². The van der Waals surface area contributed by atoms with Gasteiger partial charge in [0.2, 0.25) is 10.0 Å². The predicted octanol–water partition coefficient (Wildman–Crippen LogP) is 3.11. The second kappa shape index (κ2) is 9.40. The molecule has 1 atom stereocenters. The first-order valence-electron chi connectivity index (χ1n) is 8.46. The monoisotopic (exact) mass is 340 g/mol. The van der Waals surface area contributed by atoms with Crippen LogP contribution in [0.15, 0.2) is 24.3 Å². The molecule has 0 spiro atoms. The van der Waals surface area contributed by atoms with Gasteiger partial charge in [-0.15, -0.1) is 0 Å². The van der Waals surface area contributed by atoms with Crippen LogP contribution in [0, 0.1) is 11.8 Å². The minimum atomic E-state index is -3.09. The summed E-state index contributed by atoms with van der Waals surface area (Å²) in [7, 11) is -3.09. The second-order valence-electron chi connectivity index (χ2n) is 7.04. The number of hydrogen-bond acceptors (Lipinski definition) is 3. The van der Waals surface area contributed by atoms with Crippen LogP contribution in [-0.4, -0.2) is 27.8 Å². The summed E-state index contributed by atoms with van der Waals surface area (Å²) in [5.74, 6) is 1.15. The van der Waals surface area contributed by atoms with Crippen LogP contribution in [-0.2, 0) is 16.4 Å². The van der Waals surface area contributed by atoms with E-state index in [1.165, 1.54) is 17.4 Å². The van der Waals surface area contributed by atoms with Gasteiger partial charge in [0.15, 0.2) is 0 Å². The van der Waals surface area contributed by atoms with E-state index in [0.29, 0.717) is 24.4 Å². The minimum absolute atomic E-state index is 0.293. The third kappa shape index (κ3) is 8.49. The summed E-state index contributed by atoms with van der Waals surface area (Å²) in [4.78, 5) is 0. The summed E-state index contributed by atoms with van der Waals surface area (Å²) in [6.45, 7) is 10.1. The topological polar surface area (TPSA) is 58.2 Å². The molecule has 0 amide bonds. The van der Waals surface area contributed by atoms with Crippen molar-refractivity contribution >= 4 is 10.0 Å². The Bertz CT molecular complexity index is 551. The maximum absolute atomic E-state index is 11.0. The maximum Gasteiger partial charge on any atom is 0.208 e. The zero-order chi connectivity index (χ0) is 17.5. The van der Waals surface area contributed by atoms with Gasteiger partial charge >= 0.3 is 0 Å². The fourth-order valence-corrected chi connectivity index (χ4v) is 3.19. The van der Waals surface area contributed by atoms with Crippen molar-refractivity contribution in [2.45, 2.75) is 46.6 Å². The van der Waals surface area contributed by atoms with Crippen molar-refractivity contribution in [3.8, 4) is 0 Å². The Balaban J connectivity index is 2.54. The van der Waals surface area contributed by atoms with Gasteiger partial charge in [-0.05, 0) is 42.3 Å². The summed E-state index contributed by atoms with van der Waals surface area (Å²) in [5.41, 5.74) is 2.67. The van der Waals surface area contributed by atoms with Gasteiger partial charge in [-0.2, -0.15) is 0 Å². The van der Waals surface area contributed by atoms with Gasteiger partial charge < -0.3 is 5.32 Å². The predicted molar refractivity (Wildman–Crippen MR) is 98.0 cm³/mol. The van der Waals surface area contributed by atoms with Crippen LogP contribution in [0.4, 0.5) is 0 Å². The van der Waals surface area contributed by atoms with E-state index in [2.05, 4.69) is 62.0 Å². The highest BCUT2D eigenvalue weighted by molar-refractivity contribution is 7.88. The first kappa shape index (κ1) is 20.1. The number of nitrogens with one attached hydrogen (secondary N) is 2. The van der Waals surface area contributed by atoms with Gasteiger partial charge in [-0.3, -0.25) is 0 Å². The largest absolute Gasteiger partial charge is 0.310 e. The molecule has 2 N–H and O–H groups in total. The van der Waals surface area contributed by atoms with E-state index in [9.17, 15) is 8.42 Å². The van der Waals surface area contributed by atoms with Crippen molar-refractivity contribution in [2.75, 3.05) is 19.3 Å². The van der Waals surface area contributed by atoms with E-state index >= 15 is 0 Å². The van der Waals surface area contributed by atoms with Crippen LogP contribution >= 0.6 is 0 Å². The highest BCUT2D eigenvalue weighted by Gasteiger charge is 2.15. The lowest BCUT2D eigenvalue weighted by atomic mass is 9.93. The highest BCUT2D eigenvalue weighted by Crippen LogP contribution is 2.22. The average Bonchev–Trinajstić information content (AvgIpc) is 2.42. The van der Waals surface area contributed by atoms with Crippen LogP contribution < -0.4 is 10.0 Å². The standard InChI is InChI=1S/C18H32N2O2S/c1-14(2)13-16-7-9-17(10-8-16)18(15(3)4)19-11-6-12-20-23(5,21)22/h7-10,14-15,18-20H,6,11-13H2,1-5H3. The van der Waals surface area contributed by atoms with E-state index in [4.69, 9.17) is 0 Å². The maximum atomic E-state index is 11.0. The molecule has 1 unspecified atom stereocenters. The molecule has 0 heterocycles. The van der Waals surface area contributed by atoms with Crippen LogP contribution in [0.2, 0.25) is 0 Å². The van der Waals surface area contributed by atoms with E-state index in [1.54, 1.807) is 0 Å². The molecule has 4 nitrogen and oxygen atoms in total. The molecular formula is C18H32N2O2S. The lowest BCUT2D eigenvalue weighted by molar-refractivity contribution is 0.409. The molecular weight excluding hydrogens is 308 g/mol. The number of hydrogen-bond donors (Lipinski definition) is 2. The highest BCUT2D eigenvalue weighted by atomic mass is 32.2. The number of rotatable bonds is 10. The van der Waals surface area contributed by atoms with Crippen LogP contribution in [0.1, 0.15) is 51.3 Å². The Hall–Kier alpha value is -0.910. The summed E-state index contributed by atoms with van der Waals surface area (Å²) in [5, 5.41) is 3.55. The smallest absolute Gasteiger partial charge is 0.208 e. The van der Waals surface area contributed by atoms with E-state index in [0.717, 1.165) is 19.4 Å². The van der Waals surface area contributed by atoms with Crippen LogP contribution in [0.5, 0.6) is 0 Å². The Morgan fingerprint density at radius 2 is 1.61 bits per heavy atom. The minimum Gasteiger partial charge on any atom is -0.310 e. The zero-order valence-electron chi connectivity index (χ0n) is 15.1.